The summed E-state index contributed by atoms with van der Waals surface area (Å²) in [6.07, 6.45) is 2.35. The third-order valence-corrected chi connectivity index (χ3v) is 6.61. The molecule has 0 radical (unpaired) electrons. The van der Waals surface area contributed by atoms with Crippen LogP contribution in [0.4, 0.5) is 11.6 Å². The lowest BCUT2D eigenvalue weighted by atomic mass is 10.0. The summed E-state index contributed by atoms with van der Waals surface area (Å²) in [5, 5.41) is 8.17. The van der Waals surface area contributed by atoms with Gasteiger partial charge in [0.1, 0.15) is 5.69 Å². The van der Waals surface area contributed by atoms with Crippen LogP contribution in [0.5, 0.6) is 0 Å². The van der Waals surface area contributed by atoms with Gasteiger partial charge in [0, 0.05) is 22.6 Å². The van der Waals surface area contributed by atoms with E-state index in [4.69, 9.17) is 16.6 Å². The molecule has 2 heterocycles. The number of nitrogens with zero attached hydrogens (tertiary/aromatic N) is 3. The molecular weight excluding hydrogens is 458 g/mol. The van der Waals surface area contributed by atoms with Crippen molar-refractivity contribution in [2.45, 2.75) is 32.2 Å². The molecule has 33 heavy (non-hydrogen) atoms. The van der Waals surface area contributed by atoms with E-state index in [0.717, 1.165) is 17.6 Å². The van der Waals surface area contributed by atoms with E-state index in [0.29, 0.717) is 33.8 Å². The molecule has 4 aromatic rings. The van der Waals surface area contributed by atoms with E-state index in [2.05, 4.69) is 20.2 Å². The Labute approximate surface area is 199 Å². The maximum atomic E-state index is 13.0. The van der Waals surface area contributed by atoms with Gasteiger partial charge in [0.25, 0.3) is 5.91 Å². The Morgan fingerprint density at radius 3 is 2.79 bits per heavy atom. The average molecular weight is 480 g/mol. The van der Waals surface area contributed by atoms with E-state index in [-0.39, 0.29) is 17.7 Å². The molecule has 168 valence electrons. The van der Waals surface area contributed by atoms with E-state index in [1.54, 1.807) is 23.0 Å². The molecule has 0 bridgehead atoms. The average Bonchev–Trinajstić information content (AvgIpc) is 3.32. The van der Waals surface area contributed by atoms with Gasteiger partial charge in [-0.1, -0.05) is 23.7 Å². The van der Waals surface area contributed by atoms with Gasteiger partial charge in [0.15, 0.2) is 0 Å². The second kappa shape index (κ2) is 8.96. The number of fused-ring (bicyclic) bond motifs is 1. The quantitative estimate of drug-likeness (QED) is 0.363. The number of hydrogen-bond acceptors (Lipinski definition) is 5. The molecule has 2 aromatic carbocycles. The van der Waals surface area contributed by atoms with Crippen molar-refractivity contribution < 1.29 is 9.59 Å². The lowest BCUT2D eigenvalue weighted by Gasteiger charge is -2.14. The van der Waals surface area contributed by atoms with Crippen molar-refractivity contribution in [3.63, 3.8) is 0 Å². The van der Waals surface area contributed by atoms with E-state index in [1.807, 2.05) is 37.3 Å². The Bertz CT molecular complexity index is 1330. The van der Waals surface area contributed by atoms with Crippen molar-refractivity contribution in [2.24, 2.45) is 5.92 Å². The van der Waals surface area contributed by atoms with Crippen LogP contribution in [0.1, 0.15) is 41.7 Å². The molecule has 1 saturated carbocycles. The molecule has 2 amide bonds. The molecule has 1 aliphatic rings. The van der Waals surface area contributed by atoms with E-state index in [9.17, 15) is 9.59 Å². The van der Waals surface area contributed by atoms with E-state index < -0.39 is 0 Å². The first-order valence-electron chi connectivity index (χ1n) is 10.7. The van der Waals surface area contributed by atoms with Gasteiger partial charge in [-0.3, -0.25) is 14.9 Å². The van der Waals surface area contributed by atoms with Crippen LogP contribution in [0.25, 0.3) is 11.0 Å². The number of carbonyl (C=O) groups is 2. The lowest BCUT2D eigenvalue weighted by Crippen LogP contribution is -2.21. The van der Waals surface area contributed by atoms with Gasteiger partial charge in [0.2, 0.25) is 11.9 Å². The van der Waals surface area contributed by atoms with Crippen molar-refractivity contribution in [1.82, 2.24) is 14.5 Å². The molecule has 7 nitrogen and oxygen atoms in total. The zero-order valence-electron chi connectivity index (χ0n) is 17.9. The van der Waals surface area contributed by atoms with Crippen LogP contribution >= 0.6 is 22.9 Å². The molecule has 2 N–H and O–H groups in total. The van der Waals surface area contributed by atoms with Crippen LogP contribution in [0, 0.1) is 5.92 Å². The Morgan fingerprint density at radius 1 is 1.21 bits per heavy atom. The molecule has 9 heteroatoms. The molecule has 0 aliphatic heterocycles. The largest absolute Gasteiger partial charge is 0.321 e. The standard InChI is InChI=1S/C24H22ClN5O2S/c1-14(16-3-2-4-17(25)9-16)22(31)29-24-28-19-10-18(27-23(32)20-12-33-13-26-20)7-8-21(19)30(24)11-15-5-6-15/h2-4,7-10,12-15H,5-6,11H2,1H3,(H,27,32)(H,28,29,31). The fourth-order valence-electron chi connectivity index (χ4n) is 3.71. The van der Waals surface area contributed by atoms with Crippen LogP contribution in [0.3, 0.4) is 0 Å². The third kappa shape index (κ3) is 4.77. The first-order valence-corrected chi connectivity index (χ1v) is 12.1. The van der Waals surface area contributed by atoms with Gasteiger partial charge < -0.3 is 9.88 Å². The Hall–Kier alpha value is -3.23. The van der Waals surface area contributed by atoms with Crippen LogP contribution in [-0.4, -0.2) is 26.3 Å². The number of nitrogens with one attached hydrogen (secondary N) is 2. The molecule has 5 rings (SSSR count). The van der Waals surface area contributed by atoms with Gasteiger partial charge >= 0.3 is 0 Å². The minimum atomic E-state index is -0.383. The van der Waals surface area contributed by atoms with Crippen molar-refractivity contribution in [2.75, 3.05) is 10.6 Å². The number of amides is 2. The van der Waals surface area contributed by atoms with E-state index >= 15 is 0 Å². The number of rotatable bonds is 7. The maximum Gasteiger partial charge on any atom is 0.275 e. The van der Waals surface area contributed by atoms with Crippen LogP contribution < -0.4 is 10.6 Å². The number of imidazole rings is 1. The molecule has 1 atom stereocenters. The molecule has 1 fully saturated rings. The minimum Gasteiger partial charge on any atom is -0.321 e. The molecule has 1 aliphatic carbocycles. The number of anilines is 2. The summed E-state index contributed by atoms with van der Waals surface area (Å²) >= 11 is 7.47. The van der Waals surface area contributed by atoms with Crippen molar-refractivity contribution in [3.05, 3.63) is 69.6 Å². The zero-order valence-corrected chi connectivity index (χ0v) is 19.5. The first-order chi connectivity index (χ1) is 16.0. The summed E-state index contributed by atoms with van der Waals surface area (Å²) in [5.74, 6) is 0.301. The molecule has 1 unspecified atom stereocenters. The second-order valence-electron chi connectivity index (χ2n) is 8.29. The summed E-state index contributed by atoms with van der Waals surface area (Å²) in [7, 11) is 0. The number of carbonyl (C=O) groups excluding carboxylic acids is 2. The highest BCUT2D eigenvalue weighted by Crippen LogP contribution is 2.34. The molecule has 0 saturated heterocycles. The second-order valence-corrected chi connectivity index (χ2v) is 9.44. The molecule has 2 aromatic heterocycles. The fourth-order valence-corrected chi connectivity index (χ4v) is 4.44. The van der Waals surface area contributed by atoms with E-state index in [1.165, 1.54) is 24.2 Å². The van der Waals surface area contributed by atoms with Crippen LogP contribution in [0.2, 0.25) is 5.02 Å². The smallest absolute Gasteiger partial charge is 0.275 e. The molecule has 0 spiro atoms. The number of benzene rings is 2. The topological polar surface area (TPSA) is 88.9 Å². The fraction of sp³-hybridized carbons (Fsp3) is 0.250. The SMILES string of the molecule is CC(C(=O)Nc1nc2cc(NC(=O)c3cscn3)ccc2n1CC1CC1)c1cccc(Cl)c1. The zero-order chi connectivity index (χ0) is 22.9. The molecular formula is C24H22ClN5O2S. The lowest BCUT2D eigenvalue weighted by molar-refractivity contribution is -0.117. The predicted octanol–water partition coefficient (Wildman–Crippen LogP) is 5.55. The number of hydrogen-bond donors (Lipinski definition) is 2. The minimum absolute atomic E-state index is 0.151. The monoisotopic (exact) mass is 479 g/mol. The van der Waals surface area contributed by atoms with Crippen molar-refractivity contribution in [3.8, 4) is 0 Å². The predicted molar refractivity (Wildman–Crippen MR) is 131 cm³/mol. The number of thiazole rings is 1. The van der Waals surface area contributed by atoms with Gasteiger partial charge in [-0.05, 0) is 61.6 Å². The summed E-state index contributed by atoms with van der Waals surface area (Å²) < 4.78 is 2.06. The highest BCUT2D eigenvalue weighted by Gasteiger charge is 2.26. The summed E-state index contributed by atoms with van der Waals surface area (Å²) in [4.78, 5) is 34.1. The summed E-state index contributed by atoms with van der Waals surface area (Å²) in [6, 6.07) is 12.9. The van der Waals surface area contributed by atoms with Crippen molar-refractivity contribution in [1.29, 1.82) is 0 Å². The first kappa shape index (κ1) is 21.6. The van der Waals surface area contributed by atoms with Gasteiger partial charge in [-0.2, -0.15) is 0 Å². The maximum absolute atomic E-state index is 13.0. The van der Waals surface area contributed by atoms with Gasteiger partial charge in [-0.25, -0.2) is 9.97 Å². The van der Waals surface area contributed by atoms with Crippen LogP contribution in [0.15, 0.2) is 53.4 Å². The number of halogens is 1. The highest BCUT2D eigenvalue weighted by atomic mass is 35.5. The normalized spacial score (nSPS) is 14.2. The van der Waals surface area contributed by atoms with Crippen molar-refractivity contribution >= 4 is 57.4 Å². The summed E-state index contributed by atoms with van der Waals surface area (Å²) in [6.45, 7) is 2.64. The number of aromatic nitrogens is 3. The Kier molecular flexibility index (Phi) is 5.86. The van der Waals surface area contributed by atoms with Gasteiger partial charge in [-0.15, -0.1) is 11.3 Å². The highest BCUT2D eigenvalue weighted by molar-refractivity contribution is 7.07. The Morgan fingerprint density at radius 2 is 2.06 bits per heavy atom. The van der Waals surface area contributed by atoms with Crippen LogP contribution in [-0.2, 0) is 11.3 Å². The summed E-state index contributed by atoms with van der Waals surface area (Å²) in [5.41, 5.74) is 5.09. The van der Waals surface area contributed by atoms with Gasteiger partial charge in [0.05, 0.1) is 22.5 Å². The third-order valence-electron chi connectivity index (χ3n) is 5.79. The Balaban J connectivity index is 1.41.